The highest BCUT2D eigenvalue weighted by Crippen LogP contribution is 2.24. The van der Waals surface area contributed by atoms with Crippen molar-refractivity contribution in [1.82, 2.24) is 5.32 Å². The van der Waals surface area contributed by atoms with Crippen molar-refractivity contribution in [2.24, 2.45) is 0 Å². The number of carbonyl (C=O) groups is 2. The van der Waals surface area contributed by atoms with Crippen molar-refractivity contribution in [3.05, 3.63) is 105 Å². The summed E-state index contributed by atoms with van der Waals surface area (Å²) in [5.74, 6) is -0.858. The fourth-order valence-electron chi connectivity index (χ4n) is 3.18. The van der Waals surface area contributed by atoms with Crippen LogP contribution in [-0.4, -0.2) is 23.3 Å². The Kier molecular flexibility index (Phi) is 7.94. The molecule has 0 saturated carbocycles. The fraction of sp³-hybridized carbons (Fsp3) is 0.167. The van der Waals surface area contributed by atoms with Gasteiger partial charge in [-0.2, -0.15) is 0 Å². The Balaban J connectivity index is 1.58. The molecule has 32 heavy (non-hydrogen) atoms. The van der Waals surface area contributed by atoms with Gasteiger partial charge < -0.3 is 10.6 Å². The number of non-ortho nitro benzene ring substituents is 1. The van der Waals surface area contributed by atoms with Crippen LogP contribution in [0.15, 0.2) is 72.8 Å². The number of benzene rings is 3. The lowest BCUT2D eigenvalue weighted by molar-refractivity contribution is -0.384. The summed E-state index contributed by atoms with van der Waals surface area (Å²) in [7, 11) is 0. The number of nitro benzene ring substituents is 1. The minimum absolute atomic E-state index is 0.0444. The lowest BCUT2D eigenvalue weighted by Crippen LogP contribution is -2.26. The molecule has 0 unspecified atom stereocenters. The zero-order valence-electron chi connectivity index (χ0n) is 17.2. The van der Waals surface area contributed by atoms with E-state index in [4.69, 9.17) is 11.6 Å². The number of nitrogens with one attached hydrogen (secondary N) is 2. The van der Waals surface area contributed by atoms with Crippen LogP contribution in [0.5, 0.6) is 0 Å². The molecule has 0 aliphatic heterocycles. The van der Waals surface area contributed by atoms with Crippen LogP contribution in [0.3, 0.4) is 0 Å². The highest BCUT2D eigenvalue weighted by Gasteiger charge is 2.18. The Hall–Kier alpha value is -3.71. The van der Waals surface area contributed by atoms with Gasteiger partial charge in [0, 0.05) is 18.7 Å². The monoisotopic (exact) mass is 451 g/mol. The number of rotatable bonds is 9. The first-order chi connectivity index (χ1) is 15.5. The smallest absolute Gasteiger partial charge is 0.270 e. The van der Waals surface area contributed by atoms with E-state index in [1.54, 1.807) is 24.3 Å². The standard InChI is InChI=1S/C24H22ClN3O4/c25-21-16-18(28(31)32)13-14-19(21)24(30)27-22-12-5-4-11-20(22)23(29)26-15-7-6-10-17-8-2-1-3-9-17/h1-5,8-9,11-14,16H,6-7,10,15H2,(H,26,29)(H,27,30). The summed E-state index contributed by atoms with van der Waals surface area (Å²) in [6, 6.07) is 20.4. The Morgan fingerprint density at radius 1 is 0.875 bits per heavy atom. The second-order valence-electron chi connectivity index (χ2n) is 7.12. The summed E-state index contributed by atoms with van der Waals surface area (Å²) in [6.45, 7) is 0.516. The number of unbranched alkanes of at least 4 members (excludes halogenated alkanes) is 1. The summed E-state index contributed by atoms with van der Waals surface area (Å²) in [6.07, 6.45) is 2.72. The van der Waals surface area contributed by atoms with Crippen molar-refractivity contribution in [2.75, 3.05) is 11.9 Å². The minimum atomic E-state index is -0.590. The summed E-state index contributed by atoms with van der Waals surface area (Å²) < 4.78 is 0. The molecule has 0 heterocycles. The summed E-state index contributed by atoms with van der Waals surface area (Å²) in [4.78, 5) is 35.5. The highest BCUT2D eigenvalue weighted by molar-refractivity contribution is 6.34. The van der Waals surface area contributed by atoms with E-state index >= 15 is 0 Å². The fourth-order valence-corrected chi connectivity index (χ4v) is 3.44. The Morgan fingerprint density at radius 2 is 1.59 bits per heavy atom. The number of hydrogen-bond acceptors (Lipinski definition) is 4. The molecule has 0 aromatic heterocycles. The third-order valence-electron chi connectivity index (χ3n) is 4.85. The van der Waals surface area contributed by atoms with Gasteiger partial charge in [0.05, 0.1) is 26.8 Å². The number of halogens is 1. The number of nitro groups is 1. The third kappa shape index (κ3) is 6.15. The molecule has 164 valence electrons. The van der Waals surface area contributed by atoms with Gasteiger partial charge in [-0.25, -0.2) is 0 Å². The number of anilines is 1. The highest BCUT2D eigenvalue weighted by atomic mass is 35.5. The van der Waals surface area contributed by atoms with E-state index in [9.17, 15) is 19.7 Å². The predicted octanol–water partition coefficient (Wildman–Crippen LogP) is 5.25. The van der Waals surface area contributed by atoms with Gasteiger partial charge in [-0.15, -0.1) is 0 Å². The molecule has 2 amide bonds. The normalized spacial score (nSPS) is 10.4. The maximum Gasteiger partial charge on any atom is 0.270 e. The average molecular weight is 452 g/mol. The Labute approximate surface area is 190 Å². The van der Waals surface area contributed by atoms with Gasteiger partial charge in [0.15, 0.2) is 0 Å². The lowest BCUT2D eigenvalue weighted by Gasteiger charge is -2.12. The van der Waals surface area contributed by atoms with Gasteiger partial charge in [0.1, 0.15) is 0 Å². The van der Waals surface area contributed by atoms with Gasteiger partial charge >= 0.3 is 0 Å². The topological polar surface area (TPSA) is 101 Å². The minimum Gasteiger partial charge on any atom is -0.352 e. The van der Waals surface area contributed by atoms with Gasteiger partial charge in [-0.05, 0) is 43.0 Å². The van der Waals surface area contributed by atoms with E-state index in [0.717, 1.165) is 25.3 Å². The first-order valence-electron chi connectivity index (χ1n) is 10.1. The molecule has 0 aliphatic carbocycles. The molecule has 0 radical (unpaired) electrons. The summed E-state index contributed by atoms with van der Waals surface area (Å²) >= 11 is 6.03. The zero-order valence-corrected chi connectivity index (χ0v) is 18.0. The predicted molar refractivity (Wildman–Crippen MR) is 124 cm³/mol. The van der Waals surface area contributed by atoms with E-state index in [0.29, 0.717) is 17.8 Å². The zero-order chi connectivity index (χ0) is 22.9. The lowest BCUT2D eigenvalue weighted by atomic mass is 10.1. The molecule has 7 nitrogen and oxygen atoms in total. The second-order valence-corrected chi connectivity index (χ2v) is 7.53. The van der Waals surface area contributed by atoms with E-state index in [1.165, 1.54) is 17.7 Å². The van der Waals surface area contributed by atoms with Crippen LogP contribution in [0.2, 0.25) is 5.02 Å². The van der Waals surface area contributed by atoms with Crippen molar-refractivity contribution in [2.45, 2.75) is 19.3 Å². The van der Waals surface area contributed by atoms with Crippen molar-refractivity contribution < 1.29 is 14.5 Å². The molecule has 3 aromatic carbocycles. The molecule has 3 rings (SSSR count). The molecule has 3 aromatic rings. The second kappa shape index (κ2) is 11.1. The number of para-hydroxylation sites is 1. The maximum absolute atomic E-state index is 12.6. The SMILES string of the molecule is O=C(Nc1ccccc1C(=O)NCCCCc1ccccc1)c1ccc([N+](=O)[O-])cc1Cl. The van der Waals surface area contributed by atoms with Crippen LogP contribution in [0.25, 0.3) is 0 Å². The third-order valence-corrected chi connectivity index (χ3v) is 5.16. The van der Waals surface area contributed by atoms with Crippen LogP contribution in [0.4, 0.5) is 11.4 Å². The van der Waals surface area contributed by atoms with E-state index in [-0.39, 0.29) is 22.2 Å². The van der Waals surface area contributed by atoms with E-state index in [2.05, 4.69) is 22.8 Å². The quantitative estimate of drug-likeness (QED) is 0.263. The maximum atomic E-state index is 12.6. The molecule has 0 bridgehead atoms. The number of aryl methyl sites for hydroxylation is 1. The first-order valence-corrected chi connectivity index (χ1v) is 10.5. The number of carbonyl (C=O) groups excluding carboxylic acids is 2. The van der Waals surface area contributed by atoms with Gasteiger partial charge in [-0.3, -0.25) is 19.7 Å². The van der Waals surface area contributed by atoms with E-state index < -0.39 is 10.8 Å². The van der Waals surface area contributed by atoms with Crippen molar-refractivity contribution in [3.8, 4) is 0 Å². The molecule has 0 saturated heterocycles. The summed E-state index contributed by atoms with van der Waals surface area (Å²) in [5, 5.41) is 16.3. The number of amides is 2. The molecule has 0 fully saturated rings. The average Bonchev–Trinajstić information content (AvgIpc) is 2.79. The largest absolute Gasteiger partial charge is 0.352 e. The van der Waals surface area contributed by atoms with Crippen molar-refractivity contribution >= 4 is 34.8 Å². The van der Waals surface area contributed by atoms with Crippen molar-refractivity contribution in [3.63, 3.8) is 0 Å². The Morgan fingerprint density at radius 3 is 2.31 bits per heavy atom. The molecule has 0 spiro atoms. The van der Waals surface area contributed by atoms with Gasteiger partial charge in [0.25, 0.3) is 17.5 Å². The van der Waals surface area contributed by atoms with Crippen LogP contribution < -0.4 is 10.6 Å². The van der Waals surface area contributed by atoms with Crippen LogP contribution in [-0.2, 0) is 6.42 Å². The Bertz CT molecular complexity index is 1120. The molecule has 0 aliphatic rings. The first kappa shape index (κ1) is 23.0. The summed E-state index contributed by atoms with van der Waals surface area (Å²) in [5.41, 5.74) is 1.78. The van der Waals surface area contributed by atoms with Gasteiger partial charge in [0.2, 0.25) is 0 Å². The molecular formula is C24H22ClN3O4. The molecule has 2 N–H and O–H groups in total. The molecule has 0 atom stereocenters. The van der Waals surface area contributed by atoms with Crippen LogP contribution in [0, 0.1) is 10.1 Å². The van der Waals surface area contributed by atoms with E-state index in [1.807, 2.05) is 18.2 Å². The molecular weight excluding hydrogens is 430 g/mol. The molecule has 8 heteroatoms. The van der Waals surface area contributed by atoms with Gasteiger partial charge in [-0.1, -0.05) is 54.1 Å². The van der Waals surface area contributed by atoms with Crippen molar-refractivity contribution in [1.29, 1.82) is 0 Å². The van der Waals surface area contributed by atoms with Crippen LogP contribution >= 0.6 is 11.6 Å². The number of hydrogen-bond donors (Lipinski definition) is 2. The number of nitrogens with zero attached hydrogens (tertiary/aromatic N) is 1. The van der Waals surface area contributed by atoms with Crippen LogP contribution in [0.1, 0.15) is 39.1 Å².